The van der Waals surface area contributed by atoms with Gasteiger partial charge < -0.3 is 5.43 Å². The van der Waals surface area contributed by atoms with Crippen LogP contribution < -0.4 is 11.3 Å². The largest absolute Gasteiger partial charge is 0.312 e. The highest BCUT2D eigenvalue weighted by molar-refractivity contribution is 5.81. The predicted octanol–water partition coefficient (Wildman–Crippen LogP) is 3.54. The van der Waals surface area contributed by atoms with Crippen LogP contribution in [0.15, 0.2) is 4.99 Å². The first-order valence-electron chi connectivity index (χ1n) is 7.92. The molecule has 2 saturated carbocycles. The van der Waals surface area contributed by atoms with Gasteiger partial charge in [-0.3, -0.25) is 4.99 Å². The van der Waals surface area contributed by atoms with E-state index in [2.05, 4.69) is 5.43 Å². The quantitative estimate of drug-likeness (QED) is 0.347. The lowest BCUT2D eigenvalue weighted by atomic mass is 9.86. The fourth-order valence-corrected chi connectivity index (χ4v) is 3.42. The van der Waals surface area contributed by atoms with Crippen molar-refractivity contribution in [1.29, 1.82) is 0 Å². The third-order valence-corrected chi connectivity index (χ3v) is 4.59. The van der Waals surface area contributed by atoms with Crippen LogP contribution in [0.4, 0.5) is 0 Å². The highest BCUT2D eigenvalue weighted by Crippen LogP contribution is 2.27. The second-order valence-corrected chi connectivity index (χ2v) is 6.05. The summed E-state index contributed by atoms with van der Waals surface area (Å²) in [7, 11) is 0. The lowest BCUT2D eigenvalue weighted by molar-refractivity contribution is 0.342. The Morgan fingerprint density at radius 3 is 2.17 bits per heavy atom. The van der Waals surface area contributed by atoms with Crippen molar-refractivity contribution in [3.05, 3.63) is 0 Å². The number of nitrogens with one attached hydrogen (secondary N) is 1. The summed E-state index contributed by atoms with van der Waals surface area (Å²) in [6, 6.07) is 0.538. The summed E-state index contributed by atoms with van der Waals surface area (Å²) in [6.07, 6.45) is 16.0. The molecule has 3 heteroatoms. The summed E-state index contributed by atoms with van der Waals surface area (Å²) < 4.78 is 0. The van der Waals surface area contributed by atoms with E-state index < -0.39 is 0 Å². The van der Waals surface area contributed by atoms with Crippen molar-refractivity contribution in [2.24, 2.45) is 16.8 Å². The second-order valence-electron chi connectivity index (χ2n) is 6.05. The van der Waals surface area contributed by atoms with Crippen molar-refractivity contribution in [2.45, 2.75) is 83.1 Å². The van der Waals surface area contributed by atoms with Gasteiger partial charge in [0.1, 0.15) is 5.84 Å². The van der Waals surface area contributed by atoms with Gasteiger partial charge in [0.25, 0.3) is 0 Å². The van der Waals surface area contributed by atoms with Crippen LogP contribution in [0.2, 0.25) is 0 Å². The first-order chi connectivity index (χ1) is 8.88. The smallest absolute Gasteiger partial charge is 0.111 e. The van der Waals surface area contributed by atoms with Gasteiger partial charge >= 0.3 is 0 Å². The van der Waals surface area contributed by atoms with E-state index in [0.29, 0.717) is 6.04 Å². The van der Waals surface area contributed by atoms with Crippen molar-refractivity contribution in [3.8, 4) is 0 Å². The lowest BCUT2D eigenvalue weighted by Gasteiger charge is -2.23. The zero-order chi connectivity index (χ0) is 12.6. The van der Waals surface area contributed by atoms with E-state index in [1.807, 2.05) is 0 Å². The Balaban J connectivity index is 1.74. The number of rotatable bonds is 4. The van der Waals surface area contributed by atoms with Gasteiger partial charge in [-0.1, -0.05) is 51.4 Å². The average molecular weight is 251 g/mol. The van der Waals surface area contributed by atoms with Crippen LogP contribution in [0.3, 0.4) is 0 Å². The molecule has 2 aliphatic carbocycles. The van der Waals surface area contributed by atoms with Crippen molar-refractivity contribution in [1.82, 2.24) is 5.43 Å². The maximum absolute atomic E-state index is 5.62. The van der Waals surface area contributed by atoms with Crippen LogP contribution >= 0.6 is 0 Å². The predicted molar refractivity (Wildman–Crippen MR) is 77.4 cm³/mol. The standard InChI is InChI=1S/C15H29N3/c16-18-15(17-14-9-5-2-6-10-14)12-11-13-7-3-1-4-8-13/h13-14H,1-12,16H2,(H,17,18). The number of nitrogens with two attached hydrogens (primary N) is 1. The van der Waals surface area contributed by atoms with E-state index in [1.165, 1.54) is 70.6 Å². The zero-order valence-electron chi connectivity index (χ0n) is 11.7. The summed E-state index contributed by atoms with van der Waals surface area (Å²) in [6.45, 7) is 0. The molecule has 0 spiro atoms. The zero-order valence-corrected chi connectivity index (χ0v) is 11.7. The minimum atomic E-state index is 0.538. The van der Waals surface area contributed by atoms with Crippen LogP contribution in [0.25, 0.3) is 0 Å². The Bertz CT molecular complexity index is 250. The molecule has 2 aliphatic rings. The Kier molecular flexibility index (Phi) is 5.98. The molecule has 2 rings (SSSR count). The minimum absolute atomic E-state index is 0.538. The molecule has 0 unspecified atom stereocenters. The van der Waals surface area contributed by atoms with Crippen LogP contribution in [0.1, 0.15) is 77.0 Å². The normalized spacial score (nSPS) is 24.2. The molecule has 0 radical (unpaired) electrons. The van der Waals surface area contributed by atoms with Crippen molar-refractivity contribution in [3.63, 3.8) is 0 Å². The maximum Gasteiger partial charge on any atom is 0.111 e. The Hall–Kier alpha value is -0.570. The van der Waals surface area contributed by atoms with E-state index in [4.69, 9.17) is 10.8 Å². The second kappa shape index (κ2) is 7.78. The number of hydrazine groups is 1. The molecule has 0 aromatic carbocycles. The molecule has 104 valence electrons. The Morgan fingerprint density at radius 2 is 1.56 bits per heavy atom. The van der Waals surface area contributed by atoms with E-state index in [0.717, 1.165) is 18.2 Å². The maximum atomic E-state index is 5.62. The molecule has 0 heterocycles. The van der Waals surface area contributed by atoms with Gasteiger partial charge in [0.15, 0.2) is 0 Å². The van der Waals surface area contributed by atoms with E-state index in [9.17, 15) is 0 Å². The molecule has 2 fully saturated rings. The fraction of sp³-hybridized carbons (Fsp3) is 0.933. The van der Waals surface area contributed by atoms with Gasteiger partial charge in [0, 0.05) is 6.42 Å². The molecule has 0 aliphatic heterocycles. The first kappa shape index (κ1) is 13.9. The summed E-state index contributed by atoms with van der Waals surface area (Å²) in [5.41, 5.74) is 2.84. The first-order valence-corrected chi connectivity index (χ1v) is 7.92. The molecule has 3 N–H and O–H groups in total. The van der Waals surface area contributed by atoms with Gasteiger partial charge in [0.2, 0.25) is 0 Å². The van der Waals surface area contributed by atoms with E-state index in [-0.39, 0.29) is 0 Å². The van der Waals surface area contributed by atoms with Crippen LogP contribution in [-0.2, 0) is 0 Å². The molecule has 0 atom stereocenters. The van der Waals surface area contributed by atoms with Crippen LogP contribution in [0.5, 0.6) is 0 Å². The van der Waals surface area contributed by atoms with Gasteiger partial charge in [-0.05, 0) is 25.2 Å². The highest BCUT2D eigenvalue weighted by atomic mass is 15.3. The van der Waals surface area contributed by atoms with E-state index in [1.54, 1.807) is 0 Å². The SMILES string of the molecule is NNC(CCC1CCCCC1)=NC1CCCCC1. The molecule has 0 bridgehead atoms. The topological polar surface area (TPSA) is 50.4 Å². The van der Waals surface area contributed by atoms with Crippen molar-refractivity contribution in [2.75, 3.05) is 0 Å². The Labute approximate surface area is 112 Å². The molecule has 0 saturated heterocycles. The minimum Gasteiger partial charge on any atom is -0.312 e. The lowest BCUT2D eigenvalue weighted by Crippen LogP contribution is -2.32. The molecular weight excluding hydrogens is 222 g/mol. The molecule has 0 aromatic rings. The van der Waals surface area contributed by atoms with Crippen molar-refractivity contribution < 1.29 is 0 Å². The molecule has 3 nitrogen and oxygen atoms in total. The van der Waals surface area contributed by atoms with Gasteiger partial charge in [-0.15, -0.1) is 0 Å². The van der Waals surface area contributed by atoms with Crippen LogP contribution in [0, 0.1) is 5.92 Å². The van der Waals surface area contributed by atoms with Gasteiger partial charge in [-0.2, -0.15) is 0 Å². The third kappa shape index (κ3) is 4.60. The fourth-order valence-electron chi connectivity index (χ4n) is 3.42. The van der Waals surface area contributed by atoms with Crippen LogP contribution in [-0.4, -0.2) is 11.9 Å². The number of amidine groups is 1. The number of hydrogen-bond donors (Lipinski definition) is 2. The average Bonchev–Trinajstić information content (AvgIpc) is 2.45. The summed E-state index contributed by atoms with van der Waals surface area (Å²) in [5, 5.41) is 0. The Morgan fingerprint density at radius 1 is 0.944 bits per heavy atom. The number of nitrogens with zero attached hydrogens (tertiary/aromatic N) is 1. The number of aliphatic imine (C=N–C) groups is 1. The highest BCUT2D eigenvalue weighted by Gasteiger charge is 2.16. The summed E-state index contributed by atoms with van der Waals surface area (Å²) in [5.74, 6) is 7.59. The summed E-state index contributed by atoms with van der Waals surface area (Å²) >= 11 is 0. The third-order valence-electron chi connectivity index (χ3n) is 4.59. The van der Waals surface area contributed by atoms with E-state index >= 15 is 0 Å². The monoisotopic (exact) mass is 251 g/mol. The molecule has 0 amide bonds. The summed E-state index contributed by atoms with van der Waals surface area (Å²) in [4.78, 5) is 4.82. The molecule has 18 heavy (non-hydrogen) atoms. The van der Waals surface area contributed by atoms with Gasteiger partial charge in [0.05, 0.1) is 6.04 Å². The van der Waals surface area contributed by atoms with Gasteiger partial charge in [-0.25, -0.2) is 5.84 Å². The molecular formula is C15H29N3. The van der Waals surface area contributed by atoms with Crippen molar-refractivity contribution >= 4 is 5.84 Å². The number of hydrogen-bond acceptors (Lipinski definition) is 2. The molecule has 0 aromatic heterocycles.